The lowest BCUT2D eigenvalue weighted by molar-refractivity contribution is 0.0998. The molecule has 0 atom stereocenters. The molecule has 0 unspecified atom stereocenters. The largest absolute Gasteiger partial charge is 0.507 e. The molecule has 4 aromatic rings. The van der Waals surface area contributed by atoms with Crippen LogP contribution in [0.4, 0.5) is 23.0 Å². The molecule has 37 heavy (non-hydrogen) atoms. The summed E-state index contributed by atoms with van der Waals surface area (Å²) in [7, 11) is 0. The quantitative estimate of drug-likeness (QED) is 0.188. The van der Waals surface area contributed by atoms with E-state index in [0.29, 0.717) is 41.2 Å². The molecule has 1 heterocycles. The molecule has 7 N–H and O–H groups in total. The molecule has 0 radical (unpaired) electrons. The van der Waals surface area contributed by atoms with Gasteiger partial charge in [0.2, 0.25) is 0 Å². The number of benzene rings is 3. The minimum absolute atomic E-state index is 0.170. The second-order valence-electron chi connectivity index (χ2n) is 8.51. The van der Waals surface area contributed by atoms with E-state index in [1.165, 1.54) is 0 Å². The number of aryl methyl sites for hydroxylation is 2. The number of aromatic nitrogens is 2. The maximum absolute atomic E-state index is 12.4. The summed E-state index contributed by atoms with van der Waals surface area (Å²) in [6.45, 7) is 4.03. The molecule has 10 heteroatoms. The predicted octanol–water partition coefficient (Wildman–Crippen LogP) is 4.25. The van der Waals surface area contributed by atoms with Crippen molar-refractivity contribution in [1.82, 2.24) is 10.2 Å². The summed E-state index contributed by atoms with van der Waals surface area (Å²) >= 11 is 0. The Hall–Kier alpha value is -5.12. The number of carbonyl (C=O) groups is 3. The normalized spacial score (nSPS) is 10.5. The molecule has 0 bridgehead atoms. The Labute approximate surface area is 212 Å². The molecule has 1 aromatic heterocycles. The zero-order valence-electron chi connectivity index (χ0n) is 20.3. The van der Waals surface area contributed by atoms with E-state index >= 15 is 0 Å². The van der Waals surface area contributed by atoms with E-state index in [0.717, 1.165) is 16.7 Å². The zero-order valence-corrected chi connectivity index (χ0v) is 20.3. The van der Waals surface area contributed by atoms with Crippen molar-refractivity contribution in [1.29, 1.82) is 0 Å². The van der Waals surface area contributed by atoms with Gasteiger partial charge >= 0.3 is 0 Å². The molecule has 0 aliphatic carbocycles. The van der Waals surface area contributed by atoms with Gasteiger partial charge in [0, 0.05) is 29.0 Å². The van der Waals surface area contributed by atoms with Gasteiger partial charge in [-0.15, -0.1) is 0 Å². The summed E-state index contributed by atoms with van der Waals surface area (Å²) in [4.78, 5) is 35.4. The number of nitrogens with zero attached hydrogens (tertiary/aromatic N) is 1. The molecule has 0 fully saturated rings. The lowest BCUT2D eigenvalue weighted by Gasteiger charge is -2.10. The number of primary amides is 1. The van der Waals surface area contributed by atoms with Gasteiger partial charge in [0.1, 0.15) is 23.4 Å². The second-order valence-corrected chi connectivity index (χ2v) is 8.51. The summed E-state index contributed by atoms with van der Waals surface area (Å²) in [5.41, 5.74) is 10.3. The van der Waals surface area contributed by atoms with Crippen LogP contribution in [0.15, 0.2) is 60.7 Å². The highest BCUT2D eigenvalue weighted by Crippen LogP contribution is 2.27. The number of aromatic amines is 1. The molecule has 10 nitrogen and oxygen atoms in total. The molecular weight excluding hydrogens is 472 g/mol. The Kier molecular flexibility index (Phi) is 7.19. The van der Waals surface area contributed by atoms with Crippen LogP contribution in [0.1, 0.15) is 47.8 Å². The van der Waals surface area contributed by atoms with Crippen molar-refractivity contribution in [2.45, 2.75) is 20.4 Å². The summed E-state index contributed by atoms with van der Waals surface area (Å²) < 4.78 is 0. The molecule has 0 aliphatic heterocycles. The van der Waals surface area contributed by atoms with E-state index in [1.54, 1.807) is 48.5 Å². The Morgan fingerprint density at radius 2 is 1.62 bits per heavy atom. The third-order valence-electron chi connectivity index (χ3n) is 5.75. The molecule has 0 aliphatic rings. The fourth-order valence-corrected chi connectivity index (χ4v) is 3.83. The first-order valence-corrected chi connectivity index (χ1v) is 11.4. The van der Waals surface area contributed by atoms with Gasteiger partial charge < -0.3 is 26.8 Å². The number of carbonyl (C=O) groups excluding carboxylic acids is 3. The van der Waals surface area contributed by atoms with Gasteiger partial charge in [-0.25, -0.2) is 0 Å². The summed E-state index contributed by atoms with van der Waals surface area (Å²) in [6.07, 6.45) is 0.715. The average Bonchev–Trinajstić information content (AvgIpc) is 3.29. The number of nitrogens with two attached hydrogens (primary N) is 1. The molecule has 0 saturated heterocycles. The molecule has 2 amide bonds. The topological polar surface area (TPSA) is 162 Å². The SMILES string of the molecule is Cc1cc(CNc2[nH]nc(Nc3ccc(NC(=O)c4ccc(C=O)cc4)cc3)c2C(N)=O)cc(C)c1O. The van der Waals surface area contributed by atoms with E-state index in [2.05, 4.69) is 26.1 Å². The van der Waals surface area contributed by atoms with Crippen molar-refractivity contribution < 1.29 is 19.5 Å². The number of nitrogens with one attached hydrogen (secondary N) is 4. The number of rotatable bonds is 9. The average molecular weight is 499 g/mol. The van der Waals surface area contributed by atoms with Crippen LogP contribution in [0.3, 0.4) is 0 Å². The molecule has 188 valence electrons. The van der Waals surface area contributed by atoms with E-state index < -0.39 is 5.91 Å². The number of phenols is 1. The maximum atomic E-state index is 12.4. The Bertz CT molecular complexity index is 1440. The number of aromatic hydroxyl groups is 1. The summed E-state index contributed by atoms with van der Waals surface area (Å²) in [5.74, 6) is -0.103. The van der Waals surface area contributed by atoms with Crippen molar-refractivity contribution in [3.05, 3.63) is 94.0 Å². The first-order chi connectivity index (χ1) is 17.7. The highest BCUT2D eigenvalue weighted by atomic mass is 16.3. The highest BCUT2D eigenvalue weighted by Gasteiger charge is 2.19. The van der Waals surface area contributed by atoms with Crippen molar-refractivity contribution in [3.63, 3.8) is 0 Å². The first kappa shape index (κ1) is 25.0. The minimum atomic E-state index is -0.665. The van der Waals surface area contributed by atoms with Gasteiger partial charge in [0.25, 0.3) is 11.8 Å². The van der Waals surface area contributed by atoms with Crippen molar-refractivity contribution in [2.75, 3.05) is 16.0 Å². The maximum Gasteiger partial charge on any atom is 0.256 e. The van der Waals surface area contributed by atoms with E-state index in [1.807, 2.05) is 26.0 Å². The number of hydrogen-bond donors (Lipinski definition) is 6. The van der Waals surface area contributed by atoms with Crippen LogP contribution >= 0.6 is 0 Å². The van der Waals surface area contributed by atoms with Gasteiger partial charge in [-0.3, -0.25) is 19.5 Å². The lowest BCUT2D eigenvalue weighted by atomic mass is 10.1. The fourth-order valence-electron chi connectivity index (χ4n) is 3.83. The van der Waals surface area contributed by atoms with Crippen LogP contribution in [-0.4, -0.2) is 33.4 Å². The van der Waals surface area contributed by atoms with E-state index in [9.17, 15) is 19.5 Å². The van der Waals surface area contributed by atoms with Crippen molar-refractivity contribution in [2.24, 2.45) is 5.73 Å². The number of H-pyrrole nitrogens is 1. The number of phenolic OH excluding ortho intramolecular Hbond substituents is 1. The smallest absolute Gasteiger partial charge is 0.256 e. The van der Waals surface area contributed by atoms with Gasteiger partial charge in [0.05, 0.1) is 0 Å². The Morgan fingerprint density at radius 3 is 2.22 bits per heavy atom. The fraction of sp³-hybridized carbons (Fsp3) is 0.111. The van der Waals surface area contributed by atoms with Crippen LogP contribution in [0.2, 0.25) is 0 Å². The van der Waals surface area contributed by atoms with Crippen LogP contribution in [0, 0.1) is 13.8 Å². The van der Waals surface area contributed by atoms with E-state index in [4.69, 9.17) is 5.73 Å². The van der Waals surface area contributed by atoms with E-state index in [-0.39, 0.29) is 23.0 Å². The summed E-state index contributed by atoms with van der Waals surface area (Å²) in [5, 5.41) is 25.9. The van der Waals surface area contributed by atoms with Crippen LogP contribution in [0.5, 0.6) is 5.75 Å². The van der Waals surface area contributed by atoms with Crippen molar-refractivity contribution in [3.8, 4) is 5.75 Å². The predicted molar refractivity (Wildman–Crippen MR) is 142 cm³/mol. The number of anilines is 4. The third kappa shape index (κ3) is 5.76. The molecule has 0 saturated carbocycles. The van der Waals surface area contributed by atoms with Crippen molar-refractivity contribution >= 4 is 41.1 Å². The van der Waals surface area contributed by atoms with Crippen LogP contribution in [0.25, 0.3) is 0 Å². The number of amides is 2. The zero-order chi connectivity index (χ0) is 26.5. The minimum Gasteiger partial charge on any atom is -0.507 e. The van der Waals surface area contributed by atoms with Crippen LogP contribution < -0.4 is 21.7 Å². The highest BCUT2D eigenvalue weighted by molar-refractivity contribution is 6.05. The monoisotopic (exact) mass is 498 g/mol. The van der Waals surface area contributed by atoms with Gasteiger partial charge in [-0.05, 0) is 66.9 Å². The van der Waals surface area contributed by atoms with Crippen LogP contribution in [-0.2, 0) is 6.54 Å². The van der Waals surface area contributed by atoms with Gasteiger partial charge in [0.15, 0.2) is 5.82 Å². The molecule has 3 aromatic carbocycles. The first-order valence-electron chi connectivity index (χ1n) is 11.4. The molecular formula is C27H26N6O4. The summed E-state index contributed by atoms with van der Waals surface area (Å²) in [6, 6.07) is 16.9. The van der Waals surface area contributed by atoms with Gasteiger partial charge in [-0.2, -0.15) is 5.10 Å². The third-order valence-corrected chi connectivity index (χ3v) is 5.75. The number of hydrogen-bond acceptors (Lipinski definition) is 7. The number of aldehydes is 1. The Morgan fingerprint density at radius 1 is 1.00 bits per heavy atom. The molecule has 0 spiro atoms. The standard InChI is InChI=1S/C27H26N6O4/c1-15-11-18(12-16(2)23(15)35)13-29-25-22(24(28)36)26(33-32-25)30-20-7-9-21(10-8-20)31-27(37)19-5-3-17(14-34)4-6-19/h3-12,14,35H,13H2,1-2H3,(H2,28,36)(H,31,37)(H3,29,30,32,33). The lowest BCUT2D eigenvalue weighted by Crippen LogP contribution is -2.15. The van der Waals surface area contributed by atoms with Gasteiger partial charge in [-0.1, -0.05) is 24.3 Å². The Balaban J connectivity index is 1.43. The molecule has 4 rings (SSSR count). The second kappa shape index (κ2) is 10.6.